The highest BCUT2D eigenvalue weighted by Gasteiger charge is 2.26. The van der Waals surface area contributed by atoms with Gasteiger partial charge in [-0.2, -0.15) is 0 Å². The smallest absolute Gasteiger partial charge is 0.0462 e. The summed E-state index contributed by atoms with van der Waals surface area (Å²) in [6, 6.07) is 0. The SMILES string of the molecule is CCCC(CCC)(CCC)CCCCCCCCCOC. The van der Waals surface area contributed by atoms with Crippen molar-refractivity contribution in [2.24, 2.45) is 5.41 Å². The number of hydrogen-bond acceptors (Lipinski definition) is 1. The molecule has 0 aromatic rings. The molecule has 0 saturated carbocycles. The number of methoxy groups -OCH3 is 1. The van der Waals surface area contributed by atoms with Crippen molar-refractivity contribution in [2.45, 2.75) is 111 Å². The van der Waals surface area contributed by atoms with Gasteiger partial charge in [-0.05, 0) is 37.5 Å². The van der Waals surface area contributed by atoms with E-state index in [2.05, 4.69) is 20.8 Å². The van der Waals surface area contributed by atoms with Crippen LogP contribution in [-0.4, -0.2) is 13.7 Å². The van der Waals surface area contributed by atoms with Gasteiger partial charge in [-0.1, -0.05) is 78.6 Å². The Morgan fingerprint density at radius 1 is 0.571 bits per heavy atom. The molecule has 0 aliphatic carbocycles. The van der Waals surface area contributed by atoms with Gasteiger partial charge in [0, 0.05) is 13.7 Å². The third-order valence-corrected chi connectivity index (χ3v) is 4.90. The summed E-state index contributed by atoms with van der Waals surface area (Å²) >= 11 is 0. The van der Waals surface area contributed by atoms with Crippen molar-refractivity contribution >= 4 is 0 Å². The van der Waals surface area contributed by atoms with Crippen LogP contribution < -0.4 is 0 Å². The first-order valence-corrected chi connectivity index (χ1v) is 9.73. The number of unbranched alkanes of at least 4 members (excludes halogenated alkanes) is 6. The fraction of sp³-hybridized carbons (Fsp3) is 1.00. The Bertz CT molecular complexity index is 183. The number of ether oxygens (including phenoxy) is 1. The normalized spacial score (nSPS) is 12.0. The molecule has 0 radical (unpaired) electrons. The Kier molecular flexibility index (Phi) is 14.9. The van der Waals surface area contributed by atoms with Crippen LogP contribution in [0.4, 0.5) is 0 Å². The topological polar surface area (TPSA) is 9.23 Å². The summed E-state index contributed by atoms with van der Waals surface area (Å²) in [7, 11) is 1.80. The van der Waals surface area contributed by atoms with Crippen LogP contribution in [-0.2, 0) is 4.74 Å². The average Bonchev–Trinajstić information content (AvgIpc) is 2.46. The molecule has 0 fully saturated rings. The summed E-state index contributed by atoms with van der Waals surface area (Å²) in [4.78, 5) is 0. The highest BCUT2D eigenvalue weighted by atomic mass is 16.5. The highest BCUT2D eigenvalue weighted by molar-refractivity contribution is 4.78. The Hall–Kier alpha value is -0.0400. The Morgan fingerprint density at radius 3 is 1.43 bits per heavy atom. The zero-order valence-corrected chi connectivity index (χ0v) is 15.5. The number of hydrogen-bond donors (Lipinski definition) is 0. The van der Waals surface area contributed by atoms with E-state index >= 15 is 0 Å². The minimum atomic E-state index is 0.677. The molecule has 0 aliphatic heterocycles. The first kappa shape index (κ1) is 21.0. The van der Waals surface area contributed by atoms with Gasteiger partial charge in [0.2, 0.25) is 0 Å². The lowest BCUT2D eigenvalue weighted by molar-refractivity contribution is 0.185. The summed E-state index contributed by atoms with van der Waals surface area (Å²) < 4.78 is 5.09. The fourth-order valence-electron chi connectivity index (χ4n) is 3.97. The third-order valence-electron chi connectivity index (χ3n) is 4.90. The van der Waals surface area contributed by atoms with Crippen molar-refractivity contribution in [3.63, 3.8) is 0 Å². The molecule has 0 heterocycles. The molecule has 0 atom stereocenters. The van der Waals surface area contributed by atoms with Crippen LogP contribution in [0.3, 0.4) is 0 Å². The van der Waals surface area contributed by atoms with E-state index in [1.54, 1.807) is 7.11 Å². The molecule has 0 rings (SSSR count). The maximum absolute atomic E-state index is 5.09. The second kappa shape index (κ2) is 14.9. The van der Waals surface area contributed by atoms with E-state index in [1.165, 1.54) is 89.9 Å². The largest absolute Gasteiger partial charge is 0.385 e. The fourth-order valence-corrected chi connectivity index (χ4v) is 3.97. The predicted molar refractivity (Wildman–Crippen MR) is 96.0 cm³/mol. The molecule has 0 saturated heterocycles. The summed E-state index contributed by atoms with van der Waals surface area (Å²) in [5, 5.41) is 0. The summed E-state index contributed by atoms with van der Waals surface area (Å²) in [5.41, 5.74) is 0.677. The molecule has 0 N–H and O–H groups in total. The first-order chi connectivity index (χ1) is 10.2. The van der Waals surface area contributed by atoms with E-state index in [9.17, 15) is 0 Å². The molecule has 21 heavy (non-hydrogen) atoms. The van der Waals surface area contributed by atoms with Gasteiger partial charge in [0.15, 0.2) is 0 Å². The molecule has 0 unspecified atom stereocenters. The van der Waals surface area contributed by atoms with E-state index in [4.69, 9.17) is 4.74 Å². The van der Waals surface area contributed by atoms with E-state index in [0.717, 1.165) is 6.61 Å². The molecule has 1 heteroatoms. The lowest BCUT2D eigenvalue weighted by Crippen LogP contribution is -2.20. The average molecular weight is 299 g/mol. The Balaban J connectivity index is 3.76. The second-order valence-corrected chi connectivity index (χ2v) is 6.97. The highest BCUT2D eigenvalue weighted by Crippen LogP contribution is 2.40. The summed E-state index contributed by atoms with van der Waals surface area (Å²) in [6.45, 7) is 8.02. The van der Waals surface area contributed by atoms with Crippen LogP contribution >= 0.6 is 0 Å². The van der Waals surface area contributed by atoms with Crippen LogP contribution in [0.1, 0.15) is 111 Å². The molecule has 0 aliphatic rings. The van der Waals surface area contributed by atoms with Crippen molar-refractivity contribution < 1.29 is 4.74 Å². The maximum Gasteiger partial charge on any atom is 0.0462 e. The predicted octanol–water partition coefficient (Wildman–Crippen LogP) is 7.14. The van der Waals surface area contributed by atoms with Gasteiger partial charge in [0.1, 0.15) is 0 Å². The van der Waals surface area contributed by atoms with Crippen molar-refractivity contribution in [3.05, 3.63) is 0 Å². The van der Waals surface area contributed by atoms with Crippen LogP contribution in [0.15, 0.2) is 0 Å². The first-order valence-electron chi connectivity index (χ1n) is 9.73. The van der Waals surface area contributed by atoms with Crippen LogP contribution in [0.5, 0.6) is 0 Å². The van der Waals surface area contributed by atoms with Gasteiger partial charge < -0.3 is 4.74 Å². The lowest BCUT2D eigenvalue weighted by atomic mass is 9.72. The molecule has 0 amide bonds. The molecule has 0 spiro atoms. The zero-order valence-electron chi connectivity index (χ0n) is 15.5. The Morgan fingerprint density at radius 2 is 1.00 bits per heavy atom. The number of rotatable bonds is 16. The molecule has 128 valence electrons. The molecule has 0 aromatic carbocycles. The van der Waals surface area contributed by atoms with Crippen molar-refractivity contribution in [3.8, 4) is 0 Å². The van der Waals surface area contributed by atoms with Crippen LogP contribution in [0.25, 0.3) is 0 Å². The molecular formula is C20H42O. The quantitative estimate of drug-likeness (QED) is 0.275. The van der Waals surface area contributed by atoms with Crippen molar-refractivity contribution in [1.82, 2.24) is 0 Å². The van der Waals surface area contributed by atoms with Gasteiger partial charge >= 0.3 is 0 Å². The van der Waals surface area contributed by atoms with Gasteiger partial charge in [0.05, 0.1) is 0 Å². The van der Waals surface area contributed by atoms with E-state index in [0.29, 0.717) is 5.41 Å². The standard InChI is InChI=1S/C20H42O/c1-5-15-20(16-6-2,17-7-3)18-13-11-9-8-10-12-14-19-21-4/h5-19H2,1-4H3. The third kappa shape index (κ3) is 11.2. The van der Waals surface area contributed by atoms with E-state index in [-0.39, 0.29) is 0 Å². The zero-order chi connectivity index (χ0) is 15.8. The van der Waals surface area contributed by atoms with Gasteiger partial charge in [-0.3, -0.25) is 0 Å². The monoisotopic (exact) mass is 298 g/mol. The molecule has 1 nitrogen and oxygen atoms in total. The molecular weight excluding hydrogens is 256 g/mol. The summed E-state index contributed by atoms with van der Waals surface area (Å²) in [6.07, 6.45) is 19.7. The van der Waals surface area contributed by atoms with Gasteiger partial charge in [-0.15, -0.1) is 0 Å². The maximum atomic E-state index is 5.09. The molecule has 0 aromatic heterocycles. The van der Waals surface area contributed by atoms with Crippen LogP contribution in [0.2, 0.25) is 0 Å². The van der Waals surface area contributed by atoms with Crippen molar-refractivity contribution in [1.29, 1.82) is 0 Å². The minimum absolute atomic E-state index is 0.677. The Labute approximate surface area is 135 Å². The van der Waals surface area contributed by atoms with E-state index < -0.39 is 0 Å². The van der Waals surface area contributed by atoms with Crippen molar-refractivity contribution in [2.75, 3.05) is 13.7 Å². The summed E-state index contributed by atoms with van der Waals surface area (Å²) in [5.74, 6) is 0. The van der Waals surface area contributed by atoms with E-state index in [1.807, 2.05) is 0 Å². The van der Waals surface area contributed by atoms with Gasteiger partial charge in [0.25, 0.3) is 0 Å². The second-order valence-electron chi connectivity index (χ2n) is 6.97. The minimum Gasteiger partial charge on any atom is -0.385 e. The molecule has 0 bridgehead atoms. The van der Waals surface area contributed by atoms with Gasteiger partial charge in [-0.25, -0.2) is 0 Å². The lowest BCUT2D eigenvalue weighted by Gasteiger charge is -2.34. The van der Waals surface area contributed by atoms with Crippen LogP contribution in [0, 0.1) is 5.41 Å².